The largest absolute Gasteiger partial charge is 0.497 e. The number of carbonyl (C=O) groups is 2. The molecule has 2 aliphatic rings. The van der Waals surface area contributed by atoms with Crippen molar-refractivity contribution in [2.24, 2.45) is 0 Å². The summed E-state index contributed by atoms with van der Waals surface area (Å²) in [6.45, 7) is 1.90. The Morgan fingerprint density at radius 2 is 2.10 bits per heavy atom. The van der Waals surface area contributed by atoms with Gasteiger partial charge in [-0.25, -0.2) is 0 Å². The first-order chi connectivity index (χ1) is 14.2. The van der Waals surface area contributed by atoms with Crippen LogP contribution in [-0.4, -0.2) is 48.3 Å². The van der Waals surface area contributed by atoms with Gasteiger partial charge in [0.25, 0.3) is 0 Å². The number of nitrogens with zero attached hydrogens (tertiary/aromatic N) is 4. The molecule has 2 saturated heterocycles. The first-order valence-corrected chi connectivity index (χ1v) is 10.8. The summed E-state index contributed by atoms with van der Waals surface area (Å²) < 4.78 is 5.23. The number of hydrogen-bond donors (Lipinski definition) is 1. The zero-order chi connectivity index (χ0) is 20.2. The first kappa shape index (κ1) is 19.6. The van der Waals surface area contributed by atoms with Crippen molar-refractivity contribution in [3.05, 3.63) is 29.8 Å². The van der Waals surface area contributed by atoms with E-state index in [0.717, 1.165) is 43.5 Å². The highest BCUT2D eigenvalue weighted by atomic mass is 32.1. The molecule has 2 amide bonds. The van der Waals surface area contributed by atoms with E-state index in [-0.39, 0.29) is 17.9 Å². The third kappa shape index (κ3) is 4.34. The van der Waals surface area contributed by atoms with Crippen LogP contribution in [0.3, 0.4) is 0 Å². The summed E-state index contributed by atoms with van der Waals surface area (Å²) in [6, 6.07) is 7.40. The number of hydrogen-bond acceptors (Lipinski definition) is 7. The number of rotatable bonds is 6. The second-order valence-corrected chi connectivity index (χ2v) is 8.22. The molecule has 0 aliphatic carbocycles. The average Bonchev–Trinajstić information content (AvgIpc) is 3.42. The second-order valence-electron chi connectivity index (χ2n) is 7.29. The molecule has 154 valence electrons. The van der Waals surface area contributed by atoms with Crippen molar-refractivity contribution in [3.8, 4) is 5.75 Å². The molecule has 0 unspecified atom stereocenters. The highest BCUT2D eigenvalue weighted by molar-refractivity contribution is 7.19. The fraction of sp³-hybridized carbons (Fsp3) is 0.500. The molecule has 3 heterocycles. The van der Waals surface area contributed by atoms with Crippen LogP contribution in [0.1, 0.15) is 37.7 Å². The van der Waals surface area contributed by atoms with Crippen LogP contribution in [0.4, 0.5) is 10.3 Å². The van der Waals surface area contributed by atoms with E-state index in [9.17, 15) is 9.59 Å². The molecule has 2 fully saturated rings. The fourth-order valence-corrected chi connectivity index (χ4v) is 4.76. The van der Waals surface area contributed by atoms with Crippen LogP contribution in [0.2, 0.25) is 0 Å². The van der Waals surface area contributed by atoms with Gasteiger partial charge in [0, 0.05) is 26.1 Å². The summed E-state index contributed by atoms with van der Waals surface area (Å²) in [5.74, 6) is 0.858. The molecule has 2 aromatic rings. The van der Waals surface area contributed by atoms with Crippen LogP contribution >= 0.6 is 11.3 Å². The molecule has 1 aromatic carbocycles. The molecule has 4 rings (SSSR count). The number of ether oxygens (including phenoxy) is 1. The van der Waals surface area contributed by atoms with Gasteiger partial charge in [0.15, 0.2) is 0 Å². The number of amides is 2. The van der Waals surface area contributed by atoms with E-state index in [1.54, 1.807) is 12.0 Å². The van der Waals surface area contributed by atoms with Gasteiger partial charge in [0.1, 0.15) is 11.8 Å². The van der Waals surface area contributed by atoms with Gasteiger partial charge >= 0.3 is 0 Å². The summed E-state index contributed by atoms with van der Waals surface area (Å²) in [5.41, 5.74) is 0.990. The van der Waals surface area contributed by atoms with Crippen LogP contribution < -0.4 is 19.9 Å². The lowest BCUT2D eigenvalue weighted by molar-refractivity contribution is -0.122. The van der Waals surface area contributed by atoms with Gasteiger partial charge < -0.3 is 15.0 Å². The molecule has 2 aliphatic heterocycles. The maximum atomic E-state index is 12.8. The Kier molecular flexibility index (Phi) is 5.94. The molecule has 1 aromatic heterocycles. The van der Waals surface area contributed by atoms with Crippen molar-refractivity contribution in [2.75, 3.05) is 30.0 Å². The lowest BCUT2D eigenvalue weighted by Crippen LogP contribution is -2.43. The molecule has 0 bridgehead atoms. The maximum Gasteiger partial charge on any atom is 0.243 e. The van der Waals surface area contributed by atoms with Crippen LogP contribution in [0, 0.1) is 0 Å². The zero-order valence-corrected chi connectivity index (χ0v) is 17.3. The molecular formula is C20H25N5O3S. The lowest BCUT2D eigenvalue weighted by atomic mass is 10.1. The minimum atomic E-state index is -0.265. The Bertz CT molecular complexity index is 887. The maximum absolute atomic E-state index is 12.8. The minimum absolute atomic E-state index is 0.0175. The quantitative estimate of drug-likeness (QED) is 0.779. The molecule has 0 radical (unpaired) electrons. The smallest absolute Gasteiger partial charge is 0.243 e. The van der Waals surface area contributed by atoms with Crippen LogP contribution in [0.25, 0.3) is 0 Å². The van der Waals surface area contributed by atoms with Gasteiger partial charge in [0.05, 0.1) is 7.11 Å². The van der Waals surface area contributed by atoms with E-state index in [4.69, 9.17) is 4.74 Å². The van der Waals surface area contributed by atoms with Gasteiger partial charge in [-0.05, 0) is 43.4 Å². The van der Waals surface area contributed by atoms with Gasteiger partial charge in [-0.2, -0.15) is 0 Å². The van der Waals surface area contributed by atoms with E-state index in [1.807, 2.05) is 29.2 Å². The SMILES string of the molecule is COc1cccc(CNC(=O)[C@@H]2CCCN2c2nnc(N3CCCCC3=O)s2)c1. The van der Waals surface area contributed by atoms with Crippen molar-refractivity contribution in [1.82, 2.24) is 15.5 Å². The summed E-state index contributed by atoms with van der Waals surface area (Å²) in [7, 11) is 1.63. The third-order valence-electron chi connectivity index (χ3n) is 5.36. The lowest BCUT2D eigenvalue weighted by Gasteiger charge is -2.24. The minimum Gasteiger partial charge on any atom is -0.497 e. The number of benzene rings is 1. The van der Waals surface area contributed by atoms with Gasteiger partial charge in [-0.3, -0.25) is 14.5 Å². The van der Waals surface area contributed by atoms with E-state index in [1.165, 1.54) is 11.3 Å². The molecule has 29 heavy (non-hydrogen) atoms. The van der Waals surface area contributed by atoms with Gasteiger partial charge in [-0.1, -0.05) is 23.5 Å². The van der Waals surface area contributed by atoms with Crippen LogP contribution in [0.5, 0.6) is 5.75 Å². The Morgan fingerprint density at radius 3 is 2.93 bits per heavy atom. The fourth-order valence-electron chi connectivity index (χ4n) is 3.80. The van der Waals surface area contributed by atoms with E-state index >= 15 is 0 Å². The molecule has 0 saturated carbocycles. The number of methoxy groups -OCH3 is 1. The van der Waals surface area contributed by atoms with Crippen molar-refractivity contribution in [3.63, 3.8) is 0 Å². The molecule has 9 heteroatoms. The third-order valence-corrected chi connectivity index (χ3v) is 6.34. The van der Waals surface area contributed by atoms with E-state index in [2.05, 4.69) is 15.5 Å². The number of carbonyl (C=O) groups excluding carboxylic acids is 2. The van der Waals surface area contributed by atoms with Gasteiger partial charge in [-0.15, -0.1) is 10.2 Å². The Morgan fingerprint density at radius 1 is 1.24 bits per heavy atom. The average molecular weight is 416 g/mol. The standard InChI is InChI=1S/C20H25N5O3S/c1-28-15-7-4-6-14(12-15)13-21-18(27)16-8-5-11-24(16)19-22-23-20(29-19)25-10-3-2-9-17(25)26/h4,6-7,12,16H,2-3,5,8-11,13H2,1H3,(H,21,27)/t16-/m0/s1. The highest BCUT2D eigenvalue weighted by Crippen LogP contribution is 2.33. The summed E-state index contributed by atoms with van der Waals surface area (Å²) in [6.07, 6.45) is 4.19. The topological polar surface area (TPSA) is 87.7 Å². The number of anilines is 2. The molecular weight excluding hydrogens is 390 g/mol. The first-order valence-electron chi connectivity index (χ1n) is 9.97. The van der Waals surface area contributed by atoms with Crippen molar-refractivity contribution >= 4 is 33.4 Å². The number of piperidine rings is 1. The summed E-state index contributed by atoms with van der Waals surface area (Å²) >= 11 is 1.39. The number of aromatic nitrogens is 2. The Balaban J connectivity index is 1.41. The molecule has 0 spiro atoms. The normalized spacial score (nSPS) is 19.5. The van der Waals surface area contributed by atoms with Crippen LogP contribution in [0.15, 0.2) is 24.3 Å². The van der Waals surface area contributed by atoms with Crippen LogP contribution in [-0.2, 0) is 16.1 Å². The Hall–Kier alpha value is -2.68. The van der Waals surface area contributed by atoms with Crippen molar-refractivity contribution in [2.45, 2.75) is 44.7 Å². The zero-order valence-electron chi connectivity index (χ0n) is 16.5. The van der Waals surface area contributed by atoms with Gasteiger partial charge in [0.2, 0.25) is 22.1 Å². The highest BCUT2D eigenvalue weighted by Gasteiger charge is 2.34. The second kappa shape index (κ2) is 8.77. The summed E-state index contributed by atoms with van der Waals surface area (Å²) in [5, 5.41) is 12.9. The molecule has 1 N–H and O–H groups in total. The molecule has 8 nitrogen and oxygen atoms in total. The van der Waals surface area contributed by atoms with Crippen molar-refractivity contribution in [1.29, 1.82) is 0 Å². The van der Waals surface area contributed by atoms with E-state index < -0.39 is 0 Å². The number of nitrogens with one attached hydrogen (secondary N) is 1. The monoisotopic (exact) mass is 415 g/mol. The predicted octanol–water partition coefficient (Wildman–Crippen LogP) is 2.35. The van der Waals surface area contributed by atoms with E-state index in [0.29, 0.717) is 29.8 Å². The van der Waals surface area contributed by atoms with Crippen molar-refractivity contribution < 1.29 is 14.3 Å². The summed E-state index contributed by atoms with van der Waals surface area (Å²) in [4.78, 5) is 28.7. The molecule has 1 atom stereocenters. The predicted molar refractivity (Wildman–Crippen MR) is 111 cm³/mol. The Labute approximate surface area is 173 Å².